The van der Waals surface area contributed by atoms with Gasteiger partial charge in [-0.2, -0.15) is 0 Å². The summed E-state index contributed by atoms with van der Waals surface area (Å²) in [5.41, 5.74) is 6.72. The lowest BCUT2D eigenvalue weighted by Gasteiger charge is -2.34. The number of carbonyl (C=O) groups excluding carboxylic acids is 1. The maximum Gasteiger partial charge on any atom is 0.195 e. The molecule has 0 saturated carbocycles. The van der Waals surface area contributed by atoms with E-state index < -0.39 is 11.5 Å². The highest BCUT2D eigenvalue weighted by Crippen LogP contribution is 2.56. The minimum atomic E-state index is -0.580. The maximum absolute atomic E-state index is 11.9. The van der Waals surface area contributed by atoms with Gasteiger partial charge in [-0.1, -0.05) is 79.4 Å². The van der Waals surface area contributed by atoms with E-state index in [-0.39, 0.29) is 5.78 Å². The molecule has 0 spiro atoms. The molecule has 0 aromatic heterocycles. The third-order valence-electron chi connectivity index (χ3n) is 6.70. The van der Waals surface area contributed by atoms with Crippen molar-refractivity contribution in [1.29, 1.82) is 0 Å². The number of fused-ring (bicyclic) bond motifs is 3. The van der Waals surface area contributed by atoms with E-state index >= 15 is 0 Å². The van der Waals surface area contributed by atoms with Crippen LogP contribution in [-0.2, 0) is 10.2 Å². The van der Waals surface area contributed by atoms with Crippen LogP contribution in [0.3, 0.4) is 0 Å². The van der Waals surface area contributed by atoms with Crippen LogP contribution in [0, 0.1) is 6.61 Å². The molecule has 0 saturated heterocycles. The first kappa shape index (κ1) is 22.7. The lowest BCUT2D eigenvalue weighted by atomic mass is 9.68. The Labute approximate surface area is 206 Å². The van der Waals surface area contributed by atoms with Crippen LogP contribution < -0.4 is 9.47 Å². The Hall–Kier alpha value is -4.11. The normalized spacial score (nSPS) is 13.9. The van der Waals surface area contributed by atoms with Gasteiger partial charge in [-0.05, 0) is 77.6 Å². The largest absolute Gasteiger partial charge is 0.487 e. The number of ketones is 1. The summed E-state index contributed by atoms with van der Waals surface area (Å²) in [6, 6.07) is 33.6. The van der Waals surface area contributed by atoms with Gasteiger partial charge in [0, 0.05) is 0 Å². The molecule has 1 aliphatic rings. The fourth-order valence-electron chi connectivity index (χ4n) is 5.15. The van der Waals surface area contributed by atoms with Gasteiger partial charge in [-0.15, -0.1) is 0 Å². The zero-order valence-electron chi connectivity index (χ0n) is 19.9. The molecule has 4 aromatic rings. The Morgan fingerprint density at radius 2 is 1.26 bits per heavy atom. The van der Waals surface area contributed by atoms with Crippen LogP contribution in [0.5, 0.6) is 11.5 Å². The van der Waals surface area contributed by atoms with E-state index in [0.717, 1.165) is 16.9 Å². The van der Waals surface area contributed by atoms with E-state index in [1.807, 2.05) is 31.2 Å². The van der Waals surface area contributed by atoms with Crippen LogP contribution in [-0.4, -0.2) is 11.9 Å². The van der Waals surface area contributed by atoms with Crippen molar-refractivity contribution in [2.75, 3.05) is 0 Å². The van der Waals surface area contributed by atoms with Gasteiger partial charge in [-0.3, -0.25) is 4.79 Å². The lowest BCUT2D eigenvalue weighted by Crippen LogP contribution is -2.28. The molecule has 5 rings (SSSR count). The highest BCUT2D eigenvalue weighted by Gasteiger charge is 2.45. The van der Waals surface area contributed by atoms with Crippen molar-refractivity contribution in [3.8, 4) is 22.6 Å². The van der Waals surface area contributed by atoms with E-state index in [2.05, 4.69) is 79.4 Å². The van der Waals surface area contributed by atoms with E-state index in [4.69, 9.17) is 9.47 Å². The van der Waals surface area contributed by atoms with Crippen molar-refractivity contribution in [1.82, 2.24) is 0 Å². The van der Waals surface area contributed by atoms with Crippen molar-refractivity contribution in [2.45, 2.75) is 25.4 Å². The van der Waals surface area contributed by atoms with Crippen LogP contribution in [0.1, 0.15) is 36.1 Å². The molecule has 3 nitrogen and oxygen atoms in total. The molecule has 0 N–H and O–H groups in total. The average Bonchev–Trinajstić information content (AvgIpc) is 3.20. The molecule has 0 fully saturated rings. The molecule has 0 aliphatic heterocycles. The first-order valence-electron chi connectivity index (χ1n) is 11.8. The second kappa shape index (κ2) is 9.27. The summed E-state index contributed by atoms with van der Waals surface area (Å²) in [4.78, 5) is 11.9. The van der Waals surface area contributed by atoms with Crippen molar-refractivity contribution in [3.63, 3.8) is 0 Å². The number of hydrogen-bond acceptors (Lipinski definition) is 3. The molecule has 0 bridgehead atoms. The van der Waals surface area contributed by atoms with Gasteiger partial charge in [0.2, 0.25) is 0 Å². The zero-order valence-corrected chi connectivity index (χ0v) is 19.9. The predicted octanol–water partition coefficient (Wildman–Crippen LogP) is 7.13. The maximum atomic E-state index is 11.9. The van der Waals surface area contributed by atoms with E-state index in [9.17, 15) is 4.79 Å². The van der Waals surface area contributed by atoms with Crippen LogP contribution in [0.4, 0.5) is 0 Å². The highest BCUT2D eigenvalue weighted by molar-refractivity contribution is 5.93. The van der Waals surface area contributed by atoms with E-state index in [1.54, 1.807) is 13.5 Å². The second-order valence-electron chi connectivity index (χ2n) is 8.61. The molecule has 1 radical (unpaired) electrons. The topological polar surface area (TPSA) is 35.5 Å². The van der Waals surface area contributed by atoms with Gasteiger partial charge < -0.3 is 9.47 Å². The van der Waals surface area contributed by atoms with Gasteiger partial charge in [0.25, 0.3) is 0 Å². The lowest BCUT2D eigenvalue weighted by molar-refractivity contribution is -0.120. The van der Waals surface area contributed by atoms with Gasteiger partial charge >= 0.3 is 0 Å². The van der Waals surface area contributed by atoms with E-state index in [1.165, 1.54) is 28.3 Å². The standard InChI is InChI=1S/C32H27O3/c1-4-31(33)22(3)35-26-20-16-24(17-21-26)32(23-14-18-25(19-15-23)34-5-2)29-12-8-6-10-27(29)28-11-7-9-13-30(28)32/h4-22H,1H2,2-3H3. The molecule has 0 amide bonds. The Bertz CT molecular complexity index is 1320. The predicted molar refractivity (Wildman–Crippen MR) is 140 cm³/mol. The Morgan fingerprint density at radius 1 is 0.771 bits per heavy atom. The molecule has 1 aliphatic carbocycles. The van der Waals surface area contributed by atoms with Crippen molar-refractivity contribution >= 4 is 5.78 Å². The fraction of sp³-hybridized carbons (Fsp3) is 0.125. The van der Waals surface area contributed by atoms with Crippen molar-refractivity contribution in [3.05, 3.63) is 139 Å². The fourth-order valence-corrected chi connectivity index (χ4v) is 5.15. The first-order chi connectivity index (χ1) is 17.1. The van der Waals surface area contributed by atoms with Crippen LogP contribution in [0.2, 0.25) is 0 Å². The van der Waals surface area contributed by atoms with Gasteiger partial charge in [0.1, 0.15) is 18.1 Å². The second-order valence-corrected chi connectivity index (χ2v) is 8.61. The Kier molecular flexibility index (Phi) is 6.00. The Balaban J connectivity index is 1.70. The SMILES string of the molecule is C=CC(=O)C(C)Oc1ccc(C2(c3ccc(O[CH]C)cc3)c3ccccc3-c3ccccc32)cc1. The summed E-state index contributed by atoms with van der Waals surface area (Å²) >= 11 is 0. The molecule has 35 heavy (non-hydrogen) atoms. The smallest absolute Gasteiger partial charge is 0.195 e. The van der Waals surface area contributed by atoms with Gasteiger partial charge in [-0.25, -0.2) is 0 Å². The molecular weight excluding hydrogens is 432 g/mol. The summed E-state index contributed by atoms with van der Waals surface area (Å²) in [5, 5.41) is 0. The molecule has 1 atom stereocenters. The minimum Gasteiger partial charge on any atom is -0.487 e. The van der Waals surface area contributed by atoms with Gasteiger partial charge in [0.15, 0.2) is 11.9 Å². The number of rotatable bonds is 8. The molecule has 0 heterocycles. The molecule has 3 heteroatoms. The number of carbonyl (C=O) groups is 1. The van der Waals surface area contributed by atoms with E-state index in [0.29, 0.717) is 5.75 Å². The number of benzene rings is 4. The summed E-state index contributed by atoms with van der Waals surface area (Å²) in [6.07, 6.45) is 0.715. The molecule has 4 aromatic carbocycles. The first-order valence-corrected chi connectivity index (χ1v) is 11.8. The summed E-state index contributed by atoms with van der Waals surface area (Å²) in [5.74, 6) is 1.31. The summed E-state index contributed by atoms with van der Waals surface area (Å²) < 4.78 is 11.5. The third kappa shape index (κ3) is 3.74. The Morgan fingerprint density at radius 3 is 1.74 bits per heavy atom. The van der Waals surface area contributed by atoms with Crippen molar-refractivity contribution < 1.29 is 14.3 Å². The van der Waals surface area contributed by atoms with Crippen LogP contribution in [0.25, 0.3) is 11.1 Å². The van der Waals surface area contributed by atoms with Crippen LogP contribution in [0.15, 0.2) is 110 Å². The third-order valence-corrected chi connectivity index (χ3v) is 6.70. The van der Waals surface area contributed by atoms with Crippen LogP contribution >= 0.6 is 0 Å². The number of ether oxygens (including phenoxy) is 2. The molecule has 1 unspecified atom stereocenters. The highest BCUT2D eigenvalue weighted by atomic mass is 16.5. The average molecular weight is 460 g/mol. The molecular formula is C32H27O3. The zero-order chi connectivity index (χ0) is 24.4. The number of hydrogen-bond donors (Lipinski definition) is 0. The van der Waals surface area contributed by atoms with Crippen molar-refractivity contribution in [2.24, 2.45) is 0 Å². The summed E-state index contributed by atoms with van der Waals surface area (Å²) in [6.45, 7) is 8.84. The van der Waals surface area contributed by atoms with Gasteiger partial charge in [0.05, 0.1) is 5.41 Å². The molecule has 173 valence electrons. The minimum absolute atomic E-state index is 0.143. The monoisotopic (exact) mass is 459 g/mol. The summed E-state index contributed by atoms with van der Waals surface area (Å²) in [7, 11) is 0. The quantitative estimate of drug-likeness (QED) is 0.232.